The van der Waals surface area contributed by atoms with Crippen LogP contribution in [0.2, 0.25) is 0 Å². The van der Waals surface area contributed by atoms with E-state index in [1.165, 1.54) is 24.3 Å². The lowest BCUT2D eigenvalue weighted by atomic mass is 10.3. The van der Waals surface area contributed by atoms with Gasteiger partial charge in [-0.15, -0.1) is 0 Å². The van der Waals surface area contributed by atoms with Crippen LogP contribution in [0, 0.1) is 0 Å². The summed E-state index contributed by atoms with van der Waals surface area (Å²) >= 11 is 0. The van der Waals surface area contributed by atoms with Gasteiger partial charge in [-0.1, -0.05) is 6.07 Å². The monoisotopic (exact) mass is 273 g/mol. The molecule has 19 heavy (non-hydrogen) atoms. The van der Waals surface area contributed by atoms with E-state index in [1.807, 2.05) is 5.32 Å². The van der Waals surface area contributed by atoms with Gasteiger partial charge in [-0.25, -0.2) is 4.79 Å². The Balaban J connectivity index is 2.57. The normalized spacial score (nSPS) is 10.1. The van der Waals surface area contributed by atoms with Crippen LogP contribution >= 0.6 is 0 Å². The van der Waals surface area contributed by atoms with E-state index in [0.29, 0.717) is 0 Å². The van der Waals surface area contributed by atoms with Gasteiger partial charge in [0, 0.05) is 11.8 Å². The third-order valence-corrected chi connectivity index (χ3v) is 1.96. The van der Waals surface area contributed by atoms with E-state index in [4.69, 9.17) is 4.74 Å². The number of alkyl halides is 2. The van der Waals surface area contributed by atoms with E-state index in [2.05, 4.69) is 4.74 Å². The minimum Gasteiger partial charge on any atom is -0.482 e. The van der Waals surface area contributed by atoms with E-state index < -0.39 is 18.3 Å². The Bertz CT molecular complexity index is 451. The minimum atomic E-state index is -3.09. The fourth-order valence-electron chi connectivity index (χ4n) is 1.21. The van der Waals surface area contributed by atoms with E-state index in [-0.39, 0.29) is 24.7 Å². The molecule has 0 heterocycles. The molecule has 0 aliphatic heterocycles. The van der Waals surface area contributed by atoms with Crippen LogP contribution in [0.15, 0.2) is 24.3 Å². The number of benzene rings is 1. The van der Waals surface area contributed by atoms with Gasteiger partial charge < -0.3 is 14.8 Å². The maximum Gasteiger partial charge on any atom is 0.344 e. The molecule has 5 nitrogen and oxygen atoms in total. The highest BCUT2D eigenvalue weighted by Crippen LogP contribution is 2.17. The van der Waals surface area contributed by atoms with Crippen LogP contribution in [-0.2, 0) is 14.3 Å². The zero-order valence-corrected chi connectivity index (χ0v) is 10.2. The van der Waals surface area contributed by atoms with Crippen molar-refractivity contribution in [3.8, 4) is 5.75 Å². The average Bonchev–Trinajstić information content (AvgIpc) is 2.37. The average molecular weight is 273 g/mol. The number of rotatable bonds is 6. The van der Waals surface area contributed by atoms with Crippen LogP contribution in [0.5, 0.6) is 5.75 Å². The van der Waals surface area contributed by atoms with Crippen molar-refractivity contribution in [2.24, 2.45) is 0 Å². The molecular formula is C12H13F2NO4. The van der Waals surface area contributed by atoms with Gasteiger partial charge in [0.2, 0.25) is 0 Å². The first-order valence-electron chi connectivity index (χ1n) is 5.50. The second kappa shape index (κ2) is 7.30. The molecule has 104 valence electrons. The van der Waals surface area contributed by atoms with E-state index in [9.17, 15) is 18.4 Å². The summed E-state index contributed by atoms with van der Waals surface area (Å²) in [6, 6.07) is 5.79. The largest absolute Gasteiger partial charge is 0.482 e. The fourth-order valence-corrected chi connectivity index (χ4v) is 1.21. The van der Waals surface area contributed by atoms with Crippen molar-refractivity contribution in [3.63, 3.8) is 0 Å². The van der Waals surface area contributed by atoms with Crippen molar-refractivity contribution >= 4 is 17.6 Å². The SMILES string of the molecule is CCOC(=O)COc1cccc(NC(=O)C(F)F)c1. The van der Waals surface area contributed by atoms with Crippen LogP contribution in [0.3, 0.4) is 0 Å². The van der Waals surface area contributed by atoms with E-state index in [0.717, 1.165) is 0 Å². The lowest BCUT2D eigenvalue weighted by molar-refractivity contribution is -0.145. The molecule has 0 unspecified atom stereocenters. The summed E-state index contributed by atoms with van der Waals surface area (Å²) in [6.45, 7) is 1.62. The molecule has 0 fully saturated rings. The predicted molar refractivity (Wildman–Crippen MR) is 63.2 cm³/mol. The molecule has 0 atom stereocenters. The summed E-state index contributed by atoms with van der Waals surface area (Å²) in [5.74, 6) is -1.67. The third kappa shape index (κ3) is 5.33. The number of ether oxygens (including phenoxy) is 2. The highest BCUT2D eigenvalue weighted by atomic mass is 19.3. The highest BCUT2D eigenvalue weighted by molar-refractivity contribution is 5.93. The van der Waals surface area contributed by atoms with Gasteiger partial charge in [0.1, 0.15) is 5.75 Å². The van der Waals surface area contributed by atoms with Gasteiger partial charge >= 0.3 is 12.4 Å². The van der Waals surface area contributed by atoms with Gasteiger partial charge in [-0.3, -0.25) is 4.79 Å². The van der Waals surface area contributed by atoms with Crippen molar-refractivity contribution < 1.29 is 27.8 Å². The standard InChI is InChI=1S/C12H13F2NO4/c1-2-18-10(16)7-19-9-5-3-4-8(6-9)15-12(17)11(13)14/h3-6,11H,2,7H2,1H3,(H,15,17). The molecule has 7 heteroatoms. The quantitative estimate of drug-likeness (QED) is 0.803. The lowest BCUT2D eigenvalue weighted by Crippen LogP contribution is -2.20. The smallest absolute Gasteiger partial charge is 0.344 e. The number of anilines is 1. The zero-order valence-electron chi connectivity index (χ0n) is 10.2. The molecule has 0 aromatic heterocycles. The minimum absolute atomic E-state index is 0.159. The topological polar surface area (TPSA) is 64.6 Å². The Labute approximate surface area is 108 Å². The van der Waals surface area contributed by atoms with Crippen molar-refractivity contribution in [2.75, 3.05) is 18.5 Å². The Kier molecular flexibility index (Phi) is 5.72. The summed E-state index contributed by atoms with van der Waals surface area (Å²) in [6.07, 6.45) is -3.09. The van der Waals surface area contributed by atoms with Crippen LogP contribution < -0.4 is 10.1 Å². The molecule has 0 aliphatic rings. The molecule has 1 N–H and O–H groups in total. The van der Waals surface area contributed by atoms with Crippen LogP contribution in [0.1, 0.15) is 6.92 Å². The maximum absolute atomic E-state index is 12.0. The van der Waals surface area contributed by atoms with Gasteiger partial charge in [-0.05, 0) is 19.1 Å². The lowest BCUT2D eigenvalue weighted by Gasteiger charge is -2.08. The van der Waals surface area contributed by atoms with E-state index >= 15 is 0 Å². The van der Waals surface area contributed by atoms with Crippen molar-refractivity contribution in [2.45, 2.75) is 13.3 Å². The van der Waals surface area contributed by atoms with Crippen LogP contribution in [0.4, 0.5) is 14.5 Å². The van der Waals surface area contributed by atoms with Crippen molar-refractivity contribution in [3.05, 3.63) is 24.3 Å². The number of hydrogen-bond donors (Lipinski definition) is 1. The molecule has 0 bridgehead atoms. The van der Waals surface area contributed by atoms with Crippen LogP contribution in [0.25, 0.3) is 0 Å². The summed E-state index contributed by atoms with van der Waals surface area (Å²) in [4.78, 5) is 21.9. The summed E-state index contributed by atoms with van der Waals surface area (Å²) < 4.78 is 33.8. The molecule has 1 amide bonds. The predicted octanol–water partition coefficient (Wildman–Crippen LogP) is 1.83. The molecular weight excluding hydrogens is 260 g/mol. The van der Waals surface area contributed by atoms with Gasteiger partial charge in [-0.2, -0.15) is 8.78 Å². The molecule has 1 aromatic carbocycles. The Morgan fingerprint density at radius 1 is 1.37 bits per heavy atom. The number of halogens is 2. The first kappa shape index (κ1) is 14.9. The second-order valence-corrected chi connectivity index (χ2v) is 3.41. The summed E-state index contributed by atoms with van der Waals surface area (Å²) in [5, 5.41) is 2.01. The summed E-state index contributed by atoms with van der Waals surface area (Å²) in [5.41, 5.74) is 0.159. The van der Waals surface area contributed by atoms with Gasteiger partial charge in [0.05, 0.1) is 6.61 Å². The maximum atomic E-state index is 12.0. The van der Waals surface area contributed by atoms with E-state index in [1.54, 1.807) is 6.92 Å². The molecule has 0 spiro atoms. The number of carbonyl (C=O) groups is 2. The number of esters is 1. The molecule has 1 rings (SSSR count). The fraction of sp³-hybridized carbons (Fsp3) is 0.333. The third-order valence-electron chi connectivity index (χ3n) is 1.96. The molecule has 1 aromatic rings. The molecule has 0 saturated carbocycles. The Morgan fingerprint density at radius 2 is 2.11 bits per heavy atom. The number of carbonyl (C=O) groups excluding carboxylic acids is 2. The molecule has 0 saturated heterocycles. The number of hydrogen-bond acceptors (Lipinski definition) is 4. The second-order valence-electron chi connectivity index (χ2n) is 3.41. The zero-order chi connectivity index (χ0) is 14.3. The van der Waals surface area contributed by atoms with Gasteiger partial charge in [0.25, 0.3) is 5.91 Å². The number of amides is 1. The Hall–Kier alpha value is -2.18. The molecule has 0 aliphatic carbocycles. The summed E-state index contributed by atoms with van der Waals surface area (Å²) in [7, 11) is 0. The van der Waals surface area contributed by atoms with Gasteiger partial charge in [0.15, 0.2) is 6.61 Å². The van der Waals surface area contributed by atoms with Crippen molar-refractivity contribution in [1.82, 2.24) is 0 Å². The molecule has 0 radical (unpaired) electrons. The first-order valence-corrected chi connectivity index (χ1v) is 5.50. The van der Waals surface area contributed by atoms with Crippen LogP contribution in [-0.4, -0.2) is 31.5 Å². The Morgan fingerprint density at radius 3 is 2.74 bits per heavy atom. The number of nitrogens with one attached hydrogen (secondary N) is 1. The highest BCUT2D eigenvalue weighted by Gasteiger charge is 2.15. The van der Waals surface area contributed by atoms with Crippen molar-refractivity contribution in [1.29, 1.82) is 0 Å². The first-order chi connectivity index (χ1) is 9.02.